The average molecular weight is 286 g/mol. The first kappa shape index (κ1) is 14.7. The second-order valence-corrected chi connectivity index (χ2v) is 5.26. The van der Waals surface area contributed by atoms with Gasteiger partial charge in [0.05, 0.1) is 5.92 Å². The molecule has 0 radical (unpaired) electrons. The Balaban J connectivity index is 2.16. The number of rotatable bonds is 1. The van der Waals surface area contributed by atoms with Crippen molar-refractivity contribution in [1.82, 2.24) is 4.90 Å². The van der Waals surface area contributed by atoms with Gasteiger partial charge in [-0.25, -0.2) is 0 Å². The van der Waals surface area contributed by atoms with Crippen LogP contribution in [0.15, 0.2) is 18.2 Å². The minimum absolute atomic E-state index is 0.0865. The first-order valence-corrected chi connectivity index (χ1v) is 6.50. The molecule has 0 spiro atoms. The highest BCUT2D eigenvalue weighted by Crippen LogP contribution is 2.33. The molecule has 1 fully saturated rings. The van der Waals surface area contributed by atoms with Crippen LogP contribution in [-0.4, -0.2) is 30.1 Å². The lowest BCUT2D eigenvalue weighted by Gasteiger charge is -2.33. The van der Waals surface area contributed by atoms with Gasteiger partial charge >= 0.3 is 6.18 Å². The van der Waals surface area contributed by atoms with Crippen molar-refractivity contribution in [3.05, 3.63) is 29.3 Å². The molecular formula is C14H17F3N2O. The van der Waals surface area contributed by atoms with Gasteiger partial charge in [0.25, 0.3) is 5.91 Å². The third kappa shape index (κ3) is 3.23. The van der Waals surface area contributed by atoms with Crippen molar-refractivity contribution < 1.29 is 18.0 Å². The minimum atomic E-state index is -4.25. The Morgan fingerprint density at radius 1 is 1.35 bits per heavy atom. The van der Waals surface area contributed by atoms with E-state index in [0.29, 0.717) is 24.2 Å². The Labute approximate surface area is 115 Å². The van der Waals surface area contributed by atoms with Gasteiger partial charge in [-0.05, 0) is 43.5 Å². The molecule has 0 bridgehead atoms. The highest BCUT2D eigenvalue weighted by atomic mass is 19.4. The van der Waals surface area contributed by atoms with Crippen molar-refractivity contribution in [3.8, 4) is 0 Å². The van der Waals surface area contributed by atoms with Crippen LogP contribution in [0.4, 0.5) is 18.9 Å². The number of halogens is 3. The summed E-state index contributed by atoms with van der Waals surface area (Å²) in [5.74, 6) is -1.81. The van der Waals surface area contributed by atoms with Crippen LogP contribution in [0.1, 0.15) is 28.8 Å². The number of amides is 1. The van der Waals surface area contributed by atoms with Crippen LogP contribution < -0.4 is 5.73 Å². The van der Waals surface area contributed by atoms with E-state index in [4.69, 9.17) is 5.73 Å². The van der Waals surface area contributed by atoms with Gasteiger partial charge < -0.3 is 10.6 Å². The Morgan fingerprint density at radius 3 is 2.65 bits per heavy atom. The topological polar surface area (TPSA) is 46.3 Å². The van der Waals surface area contributed by atoms with E-state index >= 15 is 0 Å². The summed E-state index contributed by atoms with van der Waals surface area (Å²) in [6.45, 7) is 1.89. The van der Waals surface area contributed by atoms with E-state index in [1.54, 1.807) is 19.1 Å². The maximum Gasteiger partial charge on any atom is 0.393 e. The van der Waals surface area contributed by atoms with Gasteiger partial charge in [-0.2, -0.15) is 13.2 Å². The molecule has 2 rings (SSSR count). The summed E-state index contributed by atoms with van der Waals surface area (Å²) >= 11 is 0. The lowest BCUT2D eigenvalue weighted by Crippen LogP contribution is -2.44. The summed E-state index contributed by atoms with van der Waals surface area (Å²) in [6.07, 6.45) is -3.79. The summed E-state index contributed by atoms with van der Waals surface area (Å²) in [5.41, 5.74) is 7.28. The van der Waals surface area contributed by atoms with Crippen LogP contribution in [-0.2, 0) is 0 Å². The van der Waals surface area contributed by atoms with Crippen LogP contribution in [0.3, 0.4) is 0 Å². The Hall–Kier alpha value is -1.72. The molecule has 1 heterocycles. The van der Waals surface area contributed by atoms with Gasteiger partial charge in [0.1, 0.15) is 0 Å². The van der Waals surface area contributed by atoms with E-state index in [-0.39, 0.29) is 18.9 Å². The molecule has 1 amide bonds. The van der Waals surface area contributed by atoms with Crippen LogP contribution in [0, 0.1) is 12.8 Å². The van der Waals surface area contributed by atoms with Crippen molar-refractivity contribution in [1.29, 1.82) is 0 Å². The Morgan fingerprint density at radius 2 is 2.05 bits per heavy atom. The quantitative estimate of drug-likeness (QED) is 0.807. The van der Waals surface area contributed by atoms with Crippen LogP contribution >= 0.6 is 0 Å². The molecular weight excluding hydrogens is 269 g/mol. The number of nitrogens with zero attached hydrogens (tertiary/aromatic N) is 1. The van der Waals surface area contributed by atoms with Gasteiger partial charge in [0, 0.05) is 24.3 Å². The number of likely N-dealkylation sites (tertiary alicyclic amines) is 1. The zero-order valence-corrected chi connectivity index (χ0v) is 11.2. The van der Waals surface area contributed by atoms with Crippen molar-refractivity contribution in [2.24, 2.45) is 5.92 Å². The molecule has 110 valence electrons. The van der Waals surface area contributed by atoms with E-state index in [1.807, 2.05) is 0 Å². The van der Waals surface area contributed by atoms with Crippen LogP contribution in [0.25, 0.3) is 0 Å². The molecule has 1 aromatic rings. The highest BCUT2D eigenvalue weighted by Gasteiger charge is 2.42. The molecule has 20 heavy (non-hydrogen) atoms. The number of anilines is 1. The fourth-order valence-corrected chi connectivity index (χ4v) is 2.55. The highest BCUT2D eigenvalue weighted by molar-refractivity contribution is 5.95. The zero-order valence-electron chi connectivity index (χ0n) is 11.2. The third-order valence-corrected chi connectivity index (χ3v) is 3.52. The number of hydrogen-bond acceptors (Lipinski definition) is 2. The minimum Gasteiger partial charge on any atom is -0.399 e. The van der Waals surface area contributed by atoms with E-state index in [1.165, 1.54) is 11.0 Å². The molecule has 1 aromatic carbocycles. The van der Waals surface area contributed by atoms with Crippen molar-refractivity contribution in [2.75, 3.05) is 18.8 Å². The van der Waals surface area contributed by atoms with Gasteiger partial charge in [0.2, 0.25) is 0 Å². The van der Waals surface area contributed by atoms with Crippen LogP contribution in [0.2, 0.25) is 0 Å². The number of carbonyl (C=O) groups is 1. The molecule has 6 heteroatoms. The van der Waals surface area contributed by atoms with Crippen molar-refractivity contribution >= 4 is 11.6 Å². The SMILES string of the molecule is Cc1cc(N)cc(C(=O)N2CCCC(C(F)(F)F)C2)c1. The van der Waals surface area contributed by atoms with Crippen LogP contribution in [0.5, 0.6) is 0 Å². The fourth-order valence-electron chi connectivity index (χ4n) is 2.55. The summed E-state index contributed by atoms with van der Waals surface area (Å²) in [6, 6.07) is 4.87. The van der Waals surface area contributed by atoms with Gasteiger partial charge in [-0.3, -0.25) is 4.79 Å². The number of nitrogens with two attached hydrogens (primary N) is 1. The molecule has 3 nitrogen and oxygen atoms in total. The maximum atomic E-state index is 12.8. The van der Waals surface area contributed by atoms with Gasteiger partial charge in [-0.1, -0.05) is 0 Å². The van der Waals surface area contributed by atoms with E-state index in [0.717, 1.165) is 5.56 Å². The number of nitrogen functional groups attached to an aromatic ring is 1. The Kier molecular flexibility index (Phi) is 3.92. The van der Waals surface area contributed by atoms with E-state index in [9.17, 15) is 18.0 Å². The molecule has 2 N–H and O–H groups in total. The number of piperidine rings is 1. The van der Waals surface area contributed by atoms with Crippen molar-refractivity contribution in [3.63, 3.8) is 0 Å². The average Bonchev–Trinajstić information content (AvgIpc) is 2.36. The third-order valence-electron chi connectivity index (χ3n) is 3.52. The lowest BCUT2D eigenvalue weighted by molar-refractivity contribution is -0.184. The van der Waals surface area contributed by atoms with Crippen molar-refractivity contribution in [2.45, 2.75) is 25.9 Å². The predicted octanol–water partition coefficient (Wildman–Crippen LogP) is 2.99. The van der Waals surface area contributed by atoms with Gasteiger partial charge in [0.15, 0.2) is 0 Å². The smallest absolute Gasteiger partial charge is 0.393 e. The largest absolute Gasteiger partial charge is 0.399 e. The predicted molar refractivity (Wildman–Crippen MR) is 70.3 cm³/mol. The molecule has 0 aliphatic carbocycles. The lowest BCUT2D eigenvalue weighted by atomic mass is 9.96. The summed E-state index contributed by atoms with van der Waals surface area (Å²) in [7, 11) is 0. The molecule has 1 saturated heterocycles. The van der Waals surface area contributed by atoms with Gasteiger partial charge in [-0.15, -0.1) is 0 Å². The molecule has 1 atom stereocenters. The monoisotopic (exact) mass is 286 g/mol. The molecule has 0 aromatic heterocycles. The number of benzene rings is 1. The Bertz CT molecular complexity index is 493. The summed E-state index contributed by atoms with van der Waals surface area (Å²) in [4.78, 5) is 13.6. The second kappa shape index (κ2) is 5.34. The first-order valence-electron chi connectivity index (χ1n) is 6.50. The standard InChI is InChI=1S/C14H17F3N2O/c1-9-5-10(7-12(18)6-9)13(20)19-4-2-3-11(8-19)14(15,16)17/h5-7,11H,2-4,8,18H2,1H3. The zero-order chi connectivity index (χ0) is 14.9. The molecule has 1 aliphatic rings. The number of alkyl halides is 3. The number of carbonyl (C=O) groups excluding carboxylic acids is 1. The molecule has 0 saturated carbocycles. The maximum absolute atomic E-state index is 12.8. The number of aryl methyl sites for hydroxylation is 1. The summed E-state index contributed by atoms with van der Waals surface area (Å²) < 4.78 is 38.3. The van der Waals surface area contributed by atoms with E-state index in [2.05, 4.69) is 0 Å². The summed E-state index contributed by atoms with van der Waals surface area (Å²) in [5, 5.41) is 0. The molecule has 1 aliphatic heterocycles. The normalized spacial score (nSPS) is 20.0. The first-order chi connectivity index (χ1) is 9.27. The second-order valence-electron chi connectivity index (χ2n) is 5.26. The number of hydrogen-bond donors (Lipinski definition) is 1. The van der Waals surface area contributed by atoms with E-state index < -0.39 is 12.1 Å². The molecule has 1 unspecified atom stereocenters. The fraction of sp³-hybridized carbons (Fsp3) is 0.500.